The van der Waals surface area contributed by atoms with E-state index < -0.39 is 17.1 Å². The second-order valence-corrected chi connectivity index (χ2v) is 3.16. The van der Waals surface area contributed by atoms with Gasteiger partial charge in [0.1, 0.15) is 0 Å². The fraction of sp³-hybridized carbons (Fsp3) is 0.300. The Morgan fingerprint density at radius 2 is 2.33 bits per heavy atom. The van der Waals surface area contributed by atoms with Gasteiger partial charge in [-0.05, 0) is 19.1 Å². The van der Waals surface area contributed by atoms with E-state index in [2.05, 4.69) is 9.72 Å². The van der Waals surface area contributed by atoms with E-state index in [0.29, 0.717) is 5.56 Å². The predicted molar refractivity (Wildman–Crippen MR) is 54.8 cm³/mol. The first-order chi connectivity index (χ1) is 7.16. The van der Waals surface area contributed by atoms with Gasteiger partial charge in [-0.3, -0.25) is 9.78 Å². The third kappa shape index (κ3) is 3.02. The van der Waals surface area contributed by atoms with Gasteiger partial charge in [-0.1, -0.05) is 0 Å². The fourth-order valence-corrected chi connectivity index (χ4v) is 1.17. The molecule has 0 fully saturated rings. The van der Waals surface area contributed by atoms with Crippen LogP contribution in [0, 0.1) is 0 Å². The van der Waals surface area contributed by atoms with E-state index in [1.54, 1.807) is 19.1 Å². The highest BCUT2D eigenvalue weighted by atomic mass is 35.5. The SMILES string of the molecule is CCOC(=O)C(Cl)C(=O)c1cccnc1. The molecule has 0 bridgehead atoms. The zero-order valence-corrected chi connectivity index (χ0v) is 8.90. The summed E-state index contributed by atoms with van der Waals surface area (Å²) in [4.78, 5) is 26.5. The Balaban J connectivity index is 2.73. The maximum Gasteiger partial charge on any atom is 0.332 e. The molecule has 0 spiro atoms. The van der Waals surface area contributed by atoms with Crippen LogP contribution >= 0.6 is 11.6 Å². The van der Waals surface area contributed by atoms with Crippen LogP contribution < -0.4 is 0 Å². The summed E-state index contributed by atoms with van der Waals surface area (Å²) in [6, 6.07) is 3.14. The highest BCUT2D eigenvalue weighted by Crippen LogP contribution is 2.08. The van der Waals surface area contributed by atoms with Crippen LogP contribution in [-0.4, -0.2) is 28.7 Å². The topological polar surface area (TPSA) is 56.3 Å². The number of aromatic nitrogens is 1. The number of rotatable bonds is 4. The van der Waals surface area contributed by atoms with Gasteiger partial charge >= 0.3 is 5.97 Å². The number of alkyl halides is 1. The zero-order valence-electron chi connectivity index (χ0n) is 8.14. The average molecular weight is 228 g/mol. The Bertz CT molecular complexity index is 353. The number of halogens is 1. The third-order valence-corrected chi connectivity index (χ3v) is 2.05. The second kappa shape index (κ2) is 5.46. The molecule has 4 nitrogen and oxygen atoms in total. The lowest BCUT2D eigenvalue weighted by molar-refractivity contribution is -0.141. The van der Waals surface area contributed by atoms with Crippen LogP contribution in [0.15, 0.2) is 24.5 Å². The summed E-state index contributed by atoms with van der Waals surface area (Å²) in [7, 11) is 0. The number of ether oxygens (including phenoxy) is 1. The van der Waals surface area contributed by atoms with Crippen molar-refractivity contribution in [3.63, 3.8) is 0 Å². The van der Waals surface area contributed by atoms with Crippen LogP contribution in [0.25, 0.3) is 0 Å². The molecule has 0 amide bonds. The Hall–Kier alpha value is -1.42. The van der Waals surface area contributed by atoms with Gasteiger partial charge in [-0.15, -0.1) is 11.6 Å². The number of nitrogens with zero attached hydrogens (tertiary/aromatic N) is 1. The summed E-state index contributed by atoms with van der Waals surface area (Å²) < 4.78 is 4.63. The van der Waals surface area contributed by atoms with Crippen molar-refractivity contribution in [1.29, 1.82) is 0 Å². The summed E-state index contributed by atoms with van der Waals surface area (Å²) in [5.74, 6) is -1.23. The van der Waals surface area contributed by atoms with Gasteiger partial charge in [-0.2, -0.15) is 0 Å². The van der Waals surface area contributed by atoms with E-state index in [1.165, 1.54) is 12.4 Å². The monoisotopic (exact) mass is 227 g/mol. The van der Waals surface area contributed by atoms with E-state index in [0.717, 1.165) is 0 Å². The molecule has 0 aliphatic rings. The van der Waals surface area contributed by atoms with E-state index in [1.807, 2.05) is 0 Å². The molecule has 1 unspecified atom stereocenters. The Morgan fingerprint density at radius 3 is 2.87 bits per heavy atom. The molecule has 0 N–H and O–H groups in total. The molecule has 0 aliphatic heterocycles. The zero-order chi connectivity index (χ0) is 11.3. The minimum Gasteiger partial charge on any atom is -0.465 e. The maximum atomic E-state index is 11.6. The standard InChI is InChI=1S/C10H10ClNO3/c1-2-15-10(14)8(11)9(13)7-4-3-5-12-6-7/h3-6,8H,2H2,1H3. The Kier molecular flexibility index (Phi) is 4.24. The summed E-state index contributed by atoms with van der Waals surface area (Å²) >= 11 is 5.64. The lowest BCUT2D eigenvalue weighted by atomic mass is 10.1. The van der Waals surface area contributed by atoms with Crippen molar-refractivity contribution in [3.8, 4) is 0 Å². The summed E-state index contributed by atoms with van der Waals surface area (Å²) in [6.07, 6.45) is 2.89. The molecular formula is C10H10ClNO3. The normalized spacial score (nSPS) is 11.9. The van der Waals surface area contributed by atoms with Crippen molar-refractivity contribution in [3.05, 3.63) is 30.1 Å². The Labute approximate surface area is 92.2 Å². The van der Waals surface area contributed by atoms with Crippen LogP contribution in [0.1, 0.15) is 17.3 Å². The first-order valence-corrected chi connectivity index (χ1v) is 4.85. The number of ketones is 1. The van der Waals surface area contributed by atoms with E-state index in [-0.39, 0.29) is 6.61 Å². The quantitative estimate of drug-likeness (QED) is 0.338. The summed E-state index contributed by atoms with van der Waals surface area (Å²) in [6.45, 7) is 1.85. The number of pyridine rings is 1. The first-order valence-electron chi connectivity index (χ1n) is 4.41. The van der Waals surface area contributed by atoms with Crippen LogP contribution in [-0.2, 0) is 9.53 Å². The number of esters is 1. The fourth-order valence-electron chi connectivity index (χ4n) is 0.977. The lowest BCUT2D eigenvalue weighted by Gasteiger charge is -2.06. The van der Waals surface area contributed by atoms with Crippen molar-refractivity contribution in [2.45, 2.75) is 12.3 Å². The number of carbonyl (C=O) groups excluding carboxylic acids is 2. The molecule has 0 aliphatic carbocycles. The van der Waals surface area contributed by atoms with Crippen LogP contribution in [0.3, 0.4) is 0 Å². The second-order valence-electron chi connectivity index (χ2n) is 2.72. The number of hydrogen-bond acceptors (Lipinski definition) is 4. The number of hydrogen-bond donors (Lipinski definition) is 0. The summed E-state index contributed by atoms with van der Waals surface area (Å²) in [5, 5.41) is -1.30. The smallest absolute Gasteiger partial charge is 0.332 e. The van der Waals surface area contributed by atoms with Gasteiger partial charge in [0.05, 0.1) is 6.61 Å². The van der Waals surface area contributed by atoms with Gasteiger partial charge in [0, 0.05) is 18.0 Å². The van der Waals surface area contributed by atoms with E-state index >= 15 is 0 Å². The van der Waals surface area contributed by atoms with Crippen LogP contribution in [0.2, 0.25) is 0 Å². The first kappa shape index (κ1) is 11.7. The van der Waals surface area contributed by atoms with E-state index in [4.69, 9.17) is 11.6 Å². The van der Waals surface area contributed by atoms with Crippen LogP contribution in [0.5, 0.6) is 0 Å². The van der Waals surface area contributed by atoms with Crippen molar-refractivity contribution in [2.75, 3.05) is 6.61 Å². The maximum absolute atomic E-state index is 11.6. The molecule has 0 saturated heterocycles. The van der Waals surface area contributed by atoms with Crippen molar-refractivity contribution in [1.82, 2.24) is 4.98 Å². The Morgan fingerprint density at radius 1 is 1.60 bits per heavy atom. The minimum atomic E-state index is -1.30. The van der Waals surface area contributed by atoms with Crippen molar-refractivity contribution in [2.24, 2.45) is 0 Å². The molecule has 0 radical (unpaired) electrons. The molecule has 5 heteroatoms. The third-order valence-electron chi connectivity index (χ3n) is 1.67. The molecule has 1 aromatic heterocycles. The number of carbonyl (C=O) groups is 2. The van der Waals surface area contributed by atoms with Gasteiger partial charge in [-0.25, -0.2) is 4.79 Å². The molecule has 1 aromatic rings. The van der Waals surface area contributed by atoms with Gasteiger partial charge in [0.2, 0.25) is 0 Å². The van der Waals surface area contributed by atoms with E-state index in [9.17, 15) is 9.59 Å². The molecule has 0 saturated carbocycles. The molecule has 80 valence electrons. The molecule has 0 aromatic carbocycles. The van der Waals surface area contributed by atoms with Crippen molar-refractivity contribution < 1.29 is 14.3 Å². The highest BCUT2D eigenvalue weighted by Gasteiger charge is 2.26. The van der Waals surface area contributed by atoms with Gasteiger partial charge < -0.3 is 4.74 Å². The van der Waals surface area contributed by atoms with Crippen molar-refractivity contribution >= 4 is 23.4 Å². The van der Waals surface area contributed by atoms with Gasteiger partial charge in [0.15, 0.2) is 11.2 Å². The average Bonchev–Trinajstić information content (AvgIpc) is 2.28. The predicted octanol–water partition coefficient (Wildman–Crippen LogP) is 1.43. The highest BCUT2D eigenvalue weighted by molar-refractivity contribution is 6.43. The lowest BCUT2D eigenvalue weighted by Crippen LogP contribution is -2.26. The molecule has 1 atom stereocenters. The minimum absolute atomic E-state index is 0.197. The van der Waals surface area contributed by atoms with Gasteiger partial charge in [0.25, 0.3) is 0 Å². The largest absolute Gasteiger partial charge is 0.465 e. The molecular weight excluding hydrogens is 218 g/mol. The molecule has 15 heavy (non-hydrogen) atoms. The number of Topliss-reactive ketones (excluding diaryl/α,β-unsaturated/α-hetero) is 1. The molecule has 1 rings (SSSR count). The summed E-state index contributed by atoms with van der Waals surface area (Å²) in [5.41, 5.74) is 0.297. The van der Waals surface area contributed by atoms with Crippen LogP contribution in [0.4, 0.5) is 0 Å². The molecule has 1 heterocycles.